The lowest BCUT2D eigenvalue weighted by atomic mass is 9.82. The predicted molar refractivity (Wildman–Crippen MR) is 174 cm³/mol. The van der Waals surface area contributed by atoms with Crippen LogP contribution in [0.3, 0.4) is 0 Å². The standard InChI is InChI=1S/C35H39N3O7Si/c1-21-33(46(3,4)43)30(17-31(40)37-18-23-10-6-5-9-22(23)15-25(37)19-39)45-35(21)26-16-24(13-14-27(26)36(2)34(35)42)38-28-11-7-8-12-29(28)44-20-32(38)41/h5-14,16,21,25,30,33,39,43H,15,17-20H2,1-4H3/t21-,25+,30+,33-,35+/m1/s1. The van der Waals surface area contributed by atoms with Crippen molar-refractivity contribution in [2.45, 2.75) is 62.7 Å². The van der Waals surface area contributed by atoms with E-state index in [2.05, 4.69) is 0 Å². The SMILES string of the molecule is C[C@@H]1[C@@H]([Si](C)(C)O)[C@H](CC(=O)N2Cc3ccccc3C[C@H]2CO)O[C@@]12C(=O)N(C)c1ccc(N3C(=O)COc4ccccc43)cc12. The largest absolute Gasteiger partial charge is 0.482 e. The molecule has 7 rings (SSSR count). The van der Waals surface area contributed by atoms with Crippen LogP contribution in [0.5, 0.6) is 5.75 Å². The van der Waals surface area contributed by atoms with Crippen molar-refractivity contribution in [3.8, 4) is 5.75 Å². The summed E-state index contributed by atoms with van der Waals surface area (Å²) in [6.45, 7) is 5.67. The number of rotatable bonds is 5. The van der Waals surface area contributed by atoms with Gasteiger partial charge in [0.1, 0.15) is 5.75 Å². The predicted octanol–water partition coefficient (Wildman–Crippen LogP) is 3.85. The van der Waals surface area contributed by atoms with Gasteiger partial charge in [0.25, 0.3) is 11.8 Å². The molecule has 1 saturated heterocycles. The van der Waals surface area contributed by atoms with Crippen LogP contribution in [-0.4, -0.2) is 73.2 Å². The molecule has 4 heterocycles. The van der Waals surface area contributed by atoms with Crippen molar-refractivity contribution in [1.82, 2.24) is 4.90 Å². The lowest BCUT2D eigenvalue weighted by molar-refractivity contribution is -0.150. The summed E-state index contributed by atoms with van der Waals surface area (Å²) < 4.78 is 12.5. The number of hydrogen-bond donors (Lipinski definition) is 2. The first-order valence-corrected chi connectivity index (χ1v) is 18.8. The lowest BCUT2D eigenvalue weighted by Crippen LogP contribution is -2.48. The molecule has 4 aliphatic heterocycles. The van der Waals surface area contributed by atoms with Crippen molar-refractivity contribution < 1.29 is 33.8 Å². The van der Waals surface area contributed by atoms with Crippen molar-refractivity contribution in [3.63, 3.8) is 0 Å². The second-order valence-electron chi connectivity index (χ2n) is 13.4. The minimum Gasteiger partial charge on any atom is -0.482 e. The maximum Gasteiger partial charge on any atom is 0.269 e. The van der Waals surface area contributed by atoms with Gasteiger partial charge in [-0.05, 0) is 61.0 Å². The zero-order chi connectivity index (χ0) is 32.5. The van der Waals surface area contributed by atoms with Crippen LogP contribution in [0.25, 0.3) is 0 Å². The highest BCUT2D eigenvalue weighted by atomic mass is 28.4. The van der Waals surface area contributed by atoms with Gasteiger partial charge in [0.15, 0.2) is 20.5 Å². The minimum absolute atomic E-state index is 0.0340. The molecule has 10 nitrogen and oxygen atoms in total. The molecule has 1 spiro atoms. The average molecular weight is 642 g/mol. The first kappa shape index (κ1) is 30.6. The topological polar surface area (TPSA) is 120 Å². The van der Waals surface area contributed by atoms with Crippen LogP contribution in [-0.2, 0) is 37.7 Å². The molecule has 240 valence electrons. The van der Waals surface area contributed by atoms with Gasteiger partial charge in [-0.3, -0.25) is 19.3 Å². The van der Waals surface area contributed by atoms with Crippen molar-refractivity contribution in [1.29, 1.82) is 0 Å². The quantitative estimate of drug-likeness (QED) is 0.406. The van der Waals surface area contributed by atoms with E-state index in [0.717, 1.165) is 11.1 Å². The second kappa shape index (κ2) is 11.0. The minimum atomic E-state index is -3.02. The second-order valence-corrected chi connectivity index (χ2v) is 17.4. The number of fused-ring (bicyclic) bond motifs is 4. The summed E-state index contributed by atoms with van der Waals surface area (Å²) in [5, 5.41) is 10.2. The summed E-state index contributed by atoms with van der Waals surface area (Å²) in [5.41, 5.74) is 2.71. The normalized spacial score (nSPS) is 27.0. The first-order valence-electron chi connectivity index (χ1n) is 15.8. The van der Waals surface area contributed by atoms with Crippen LogP contribution in [0.1, 0.15) is 30.0 Å². The zero-order valence-corrected chi connectivity index (χ0v) is 27.5. The summed E-state index contributed by atoms with van der Waals surface area (Å²) >= 11 is 0. The van der Waals surface area contributed by atoms with Gasteiger partial charge in [0.05, 0.1) is 36.5 Å². The van der Waals surface area contributed by atoms with Crippen LogP contribution in [0.2, 0.25) is 18.6 Å². The average Bonchev–Trinajstić information content (AvgIpc) is 3.45. The number of benzene rings is 3. The van der Waals surface area contributed by atoms with E-state index in [-0.39, 0.29) is 43.4 Å². The third-order valence-electron chi connectivity index (χ3n) is 10.3. The van der Waals surface area contributed by atoms with Gasteiger partial charge in [-0.2, -0.15) is 0 Å². The Bertz CT molecular complexity index is 1740. The molecule has 2 N–H and O–H groups in total. The Hall–Kier alpha value is -4.03. The third kappa shape index (κ3) is 4.59. The molecule has 3 aromatic rings. The van der Waals surface area contributed by atoms with E-state index in [9.17, 15) is 24.3 Å². The Morgan fingerprint density at radius 2 is 1.74 bits per heavy atom. The molecule has 0 unspecified atom stereocenters. The molecule has 4 aliphatic rings. The van der Waals surface area contributed by atoms with Gasteiger partial charge >= 0.3 is 0 Å². The summed E-state index contributed by atoms with van der Waals surface area (Å²) in [7, 11) is -1.32. The molecule has 0 aliphatic carbocycles. The molecular formula is C35H39N3O7Si. The molecule has 1 fully saturated rings. The summed E-state index contributed by atoms with van der Waals surface area (Å²) in [6, 6.07) is 20.3. The lowest BCUT2D eigenvalue weighted by Gasteiger charge is -2.37. The van der Waals surface area contributed by atoms with Gasteiger partial charge in [-0.25, -0.2) is 0 Å². The Labute approximate surface area is 269 Å². The number of amides is 3. The van der Waals surface area contributed by atoms with E-state index >= 15 is 0 Å². The molecule has 0 radical (unpaired) electrons. The number of likely N-dealkylation sites (N-methyl/N-ethyl adjacent to an activating group) is 1. The molecule has 3 amide bonds. The van der Waals surface area contributed by atoms with E-state index in [1.807, 2.05) is 86.7 Å². The van der Waals surface area contributed by atoms with E-state index in [0.29, 0.717) is 41.3 Å². The maximum absolute atomic E-state index is 14.3. The number of aliphatic hydroxyl groups excluding tert-OH is 1. The Kier molecular flexibility index (Phi) is 7.35. The molecule has 0 bridgehead atoms. The van der Waals surface area contributed by atoms with Gasteiger partial charge in [0.2, 0.25) is 5.91 Å². The number of carbonyl (C=O) groups is 3. The molecule has 0 aromatic heterocycles. The fourth-order valence-corrected chi connectivity index (χ4v) is 10.8. The summed E-state index contributed by atoms with van der Waals surface area (Å²) in [4.78, 5) is 58.1. The smallest absolute Gasteiger partial charge is 0.269 e. The third-order valence-corrected chi connectivity index (χ3v) is 12.8. The molecule has 11 heteroatoms. The first-order chi connectivity index (χ1) is 22.0. The van der Waals surface area contributed by atoms with Gasteiger partial charge in [-0.15, -0.1) is 0 Å². The fraction of sp³-hybridized carbons (Fsp3) is 0.400. The van der Waals surface area contributed by atoms with E-state index in [1.165, 1.54) is 0 Å². The zero-order valence-electron chi connectivity index (χ0n) is 26.5. The summed E-state index contributed by atoms with van der Waals surface area (Å²) in [6.07, 6.45) is -0.215. The molecule has 46 heavy (non-hydrogen) atoms. The highest BCUT2D eigenvalue weighted by Gasteiger charge is 2.66. The molecule has 5 atom stereocenters. The number of carbonyl (C=O) groups excluding carboxylic acids is 3. The van der Waals surface area contributed by atoms with Gasteiger partial charge in [0, 0.05) is 36.3 Å². The van der Waals surface area contributed by atoms with Crippen LogP contribution in [0.15, 0.2) is 66.7 Å². The van der Waals surface area contributed by atoms with Crippen LogP contribution < -0.4 is 14.5 Å². The monoisotopic (exact) mass is 641 g/mol. The van der Waals surface area contributed by atoms with Gasteiger partial charge in [-0.1, -0.05) is 43.3 Å². The number of para-hydroxylation sites is 2. The number of ether oxygens (including phenoxy) is 2. The van der Waals surface area contributed by atoms with Crippen molar-refractivity contribution in [2.75, 3.05) is 30.1 Å². The van der Waals surface area contributed by atoms with Gasteiger partial charge < -0.3 is 29.2 Å². The number of hydrogen-bond acceptors (Lipinski definition) is 7. The van der Waals surface area contributed by atoms with Crippen LogP contribution in [0, 0.1) is 5.92 Å². The highest BCUT2D eigenvalue weighted by Crippen LogP contribution is 2.60. The van der Waals surface area contributed by atoms with Crippen LogP contribution in [0.4, 0.5) is 17.1 Å². The molecular weight excluding hydrogens is 602 g/mol. The Morgan fingerprint density at radius 1 is 1.02 bits per heavy atom. The highest BCUT2D eigenvalue weighted by molar-refractivity contribution is 6.71. The number of nitrogens with zero attached hydrogens (tertiary/aromatic N) is 3. The fourth-order valence-electron chi connectivity index (χ4n) is 8.23. The van der Waals surface area contributed by atoms with E-state index < -0.39 is 31.5 Å². The Balaban J connectivity index is 1.26. The van der Waals surface area contributed by atoms with Crippen molar-refractivity contribution in [3.05, 3.63) is 83.4 Å². The van der Waals surface area contributed by atoms with Crippen LogP contribution >= 0.6 is 0 Å². The summed E-state index contributed by atoms with van der Waals surface area (Å²) in [5.74, 6) is -0.568. The molecule has 3 aromatic carbocycles. The van der Waals surface area contributed by atoms with E-state index in [1.54, 1.807) is 21.7 Å². The van der Waals surface area contributed by atoms with Crippen molar-refractivity contribution in [2.24, 2.45) is 5.92 Å². The number of aliphatic hydroxyl groups is 1. The van der Waals surface area contributed by atoms with Crippen molar-refractivity contribution >= 4 is 43.1 Å². The maximum atomic E-state index is 14.3. The number of anilines is 3. The Morgan fingerprint density at radius 3 is 2.48 bits per heavy atom. The van der Waals surface area contributed by atoms with E-state index in [4.69, 9.17) is 9.47 Å². The molecule has 0 saturated carbocycles.